The first-order valence-corrected chi connectivity index (χ1v) is 15.2. The third-order valence-electron chi connectivity index (χ3n) is 7.28. The lowest BCUT2D eigenvalue weighted by molar-refractivity contribution is -0.151. The summed E-state index contributed by atoms with van der Waals surface area (Å²) in [5.74, 6) is -0.528. The molecule has 0 saturated carbocycles. The van der Waals surface area contributed by atoms with Crippen molar-refractivity contribution in [2.75, 3.05) is 13.7 Å². The third kappa shape index (κ3) is 5.76. The Kier molecular flexibility index (Phi) is 8.53. The van der Waals surface area contributed by atoms with Crippen LogP contribution in [0.4, 0.5) is 0 Å². The number of methoxy groups -OCH3 is 1. The summed E-state index contributed by atoms with van der Waals surface area (Å²) in [5.41, 5.74) is 1.81. The summed E-state index contributed by atoms with van der Waals surface area (Å²) in [6, 6.07) is 13.0. The van der Waals surface area contributed by atoms with Crippen LogP contribution in [0.25, 0.3) is 0 Å². The Balaban J connectivity index is 1.78. The maximum atomic E-state index is 13.0. The Labute approximate surface area is 235 Å². The van der Waals surface area contributed by atoms with Gasteiger partial charge in [-0.05, 0) is 75.1 Å². The van der Waals surface area contributed by atoms with Gasteiger partial charge in [0.25, 0.3) is 0 Å². The minimum atomic E-state index is -3.38. The van der Waals surface area contributed by atoms with Crippen LogP contribution in [0.1, 0.15) is 71.3 Å². The molecule has 1 aliphatic heterocycles. The van der Waals surface area contributed by atoms with Gasteiger partial charge in [0.2, 0.25) is 5.88 Å². The first-order valence-electron chi connectivity index (χ1n) is 12.8. The Hall–Kier alpha value is -2.76. The number of ketones is 1. The number of esters is 1. The first-order chi connectivity index (χ1) is 18.4. The molecule has 3 heterocycles. The Bertz CT molecular complexity index is 1370. The molecule has 2 atom stereocenters. The molecule has 0 aliphatic carbocycles. The predicted octanol–water partition coefficient (Wildman–Crippen LogP) is 6.68. The number of thiophene rings is 1. The first kappa shape index (κ1) is 29.2. The molecule has 0 fully saturated rings. The summed E-state index contributed by atoms with van der Waals surface area (Å²) in [5, 5.41) is 0. The maximum absolute atomic E-state index is 13.0. The number of fused-ring (bicyclic) bond motifs is 1. The van der Waals surface area contributed by atoms with E-state index >= 15 is 0 Å². The zero-order valence-electron chi connectivity index (χ0n) is 23.1. The smallest absolute Gasteiger partial charge is 0.312 e. The largest absolute Gasteiger partial charge is 0.472 e. The van der Waals surface area contributed by atoms with Gasteiger partial charge < -0.3 is 9.47 Å². The molecule has 3 aromatic rings. The van der Waals surface area contributed by atoms with Crippen LogP contribution < -0.4 is 4.74 Å². The Morgan fingerprint density at radius 2 is 2.00 bits per heavy atom. The van der Waals surface area contributed by atoms with Gasteiger partial charge in [0.1, 0.15) is 11.0 Å². The minimum Gasteiger partial charge on any atom is -0.472 e. The van der Waals surface area contributed by atoms with E-state index in [0.717, 1.165) is 21.6 Å². The van der Waals surface area contributed by atoms with E-state index in [2.05, 4.69) is 4.98 Å². The second kappa shape index (κ2) is 11.4. The highest BCUT2D eigenvalue weighted by Crippen LogP contribution is 2.57. The number of pyridine rings is 1. The number of carbonyl (C=O) groups excluding carboxylic acids is 2. The quantitative estimate of drug-likeness (QED) is 0.227. The molecule has 2 aromatic heterocycles. The standard InChI is InChI=1S/C29H36N2O6S2/c1-7-22-17-31(39(34,35)25-9-8-14-30-27(25)37-22)16-21-15-20(11-10-18(21)2)26(29(4,5)28(33)36-6)24-13-12-23(38-24)19(3)32/h8-15,22,26,34-35H,7,16-17H2,1-6H3. The number of ether oxygens (including phenoxy) is 2. The maximum Gasteiger partial charge on any atom is 0.312 e. The van der Waals surface area contributed by atoms with Crippen LogP contribution in [0.5, 0.6) is 5.88 Å². The van der Waals surface area contributed by atoms with Crippen LogP contribution in [0.15, 0.2) is 53.6 Å². The molecule has 0 amide bonds. The van der Waals surface area contributed by atoms with Gasteiger partial charge in [-0.3, -0.25) is 18.7 Å². The molecular weight excluding hydrogens is 536 g/mol. The predicted molar refractivity (Wildman–Crippen MR) is 154 cm³/mol. The van der Waals surface area contributed by atoms with Gasteiger partial charge in [0.05, 0.1) is 23.9 Å². The van der Waals surface area contributed by atoms with Crippen LogP contribution in [0.2, 0.25) is 0 Å². The highest BCUT2D eigenvalue weighted by molar-refractivity contribution is 8.22. The average Bonchev–Trinajstić information content (AvgIpc) is 3.35. The van der Waals surface area contributed by atoms with E-state index in [1.807, 2.05) is 52.0 Å². The van der Waals surface area contributed by atoms with E-state index < -0.39 is 16.2 Å². The van der Waals surface area contributed by atoms with Gasteiger partial charge in [-0.1, -0.05) is 25.1 Å². The van der Waals surface area contributed by atoms with E-state index in [0.29, 0.717) is 17.8 Å². The van der Waals surface area contributed by atoms with Gasteiger partial charge in [-0.2, -0.15) is 4.31 Å². The average molecular weight is 573 g/mol. The van der Waals surface area contributed by atoms with Crippen LogP contribution in [0, 0.1) is 12.3 Å². The molecule has 39 heavy (non-hydrogen) atoms. The molecule has 1 aliphatic rings. The third-order valence-corrected chi connectivity index (χ3v) is 10.4. The van der Waals surface area contributed by atoms with Crippen molar-refractivity contribution in [3.05, 3.63) is 75.1 Å². The van der Waals surface area contributed by atoms with Gasteiger partial charge in [0, 0.05) is 23.5 Å². The number of hydrogen-bond acceptors (Lipinski definition) is 9. The van der Waals surface area contributed by atoms with Gasteiger partial charge in [-0.25, -0.2) is 4.98 Å². The van der Waals surface area contributed by atoms with Crippen LogP contribution in [0.3, 0.4) is 0 Å². The van der Waals surface area contributed by atoms with Crippen molar-refractivity contribution in [1.29, 1.82) is 0 Å². The fourth-order valence-electron chi connectivity index (χ4n) is 4.95. The summed E-state index contributed by atoms with van der Waals surface area (Å²) < 4.78 is 35.7. The number of rotatable bonds is 8. The van der Waals surface area contributed by atoms with Crippen molar-refractivity contribution in [1.82, 2.24) is 9.29 Å². The molecule has 0 bridgehead atoms. The van der Waals surface area contributed by atoms with Gasteiger partial charge in [0.15, 0.2) is 5.78 Å². The zero-order valence-corrected chi connectivity index (χ0v) is 24.8. The van der Waals surface area contributed by atoms with Gasteiger partial charge >= 0.3 is 5.97 Å². The zero-order chi connectivity index (χ0) is 28.5. The van der Waals surface area contributed by atoms with Crippen LogP contribution in [-0.2, 0) is 16.1 Å². The molecule has 8 nitrogen and oxygen atoms in total. The van der Waals surface area contributed by atoms with Crippen molar-refractivity contribution in [3.8, 4) is 5.88 Å². The fourth-order valence-corrected chi connectivity index (χ4v) is 7.74. The van der Waals surface area contributed by atoms with Crippen LogP contribution >= 0.6 is 22.1 Å². The van der Waals surface area contributed by atoms with Crippen molar-refractivity contribution in [3.63, 3.8) is 0 Å². The number of aromatic nitrogens is 1. The van der Waals surface area contributed by atoms with Crippen molar-refractivity contribution in [2.45, 2.75) is 64.5 Å². The SMILES string of the molecule is CCC1CN(Cc2cc(C(c3ccc(C(C)=O)s3)C(C)(C)C(=O)OC)ccc2C)S(O)(O)c2cccnc2O1. The topological polar surface area (TPSA) is 109 Å². The lowest BCUT2D eigenvalue weighted by Gasteiger charge is -2.42. The van der Waals surface area contributed by atoms with E-state index in [1.165, 1.54) is 25.4 Å². The molecule has 10 heteroatoms. The van der Waals surface area contributed by atoms with Crippen LogP contribution in [-0.4, -0.2) is 49.9 Å². The second-order valence-electron chi connectivity index (χ2n) is 10.4. The number of hydrogen-bond donors (Lipinski definition) is 2. The molecule has 0 saturated heterocycles. The molecule has 4 rings (SSSR count). The summed E-state index contributed by atoms with van der Waals surface area (Å²) in [6.45, 7) is 9.74. The van der Waals surface area contributed by atoms with Gasteiger partial charge in [-0.15, -0.1) is 22.1 Å². The lowest BCUT2D eigenvalue weighted by atomic mass is 9.73. The molecule has 0 radical (unpaired) electrons. The molecule has 210 valence electrons. The number of Topliss-reactive ketones (excluding diaryl/α,β-unsaturated/α-hetero) is 1. The summed E-state index contributed by atoms with van der Waals surface area (Å²) >= 11 is 1.38. The van der Waals surface area contributed by atoms with E-state index in [9.17, 15) is 18.7 Å². The highest BCUT2D eigenvalue weighted by atomic mass is 32.3. The molecule has 2 unspecified atom stereocenters. The number of nitrogens with zero attached hydrogens (tertiary/aromatic N) is 2. The molecule has 0 spiro atoms. The Morgan fingerprint density at radius 1 is 1.26 bits per heavy atom. The monoisotopic (exact) mass is 572 g/mol. The number of aryl methyl sites for hydroxylation is 1. The van der Waals surface area contributed by atoms with E-state index in [4.69, 9.17) is 9.47 Å². The summed E-state index contributed by atoms with van der Waals surface area (Å²) in [4.78, 5) is 31.1. The highest BCUT2D eigenvalue weighted by Gasteiger charge is 2.41. The Morgan fingerprint density at radius 3 is 2.64 bits per heavy atom. The number of benzene rings is 1. The minimum absolute atomic E-state index is 0.0284. The molecular formula is C29H36N2O6S2. The number of carbonyl (C=O) groups is 2. The second-order valence-corrected chi connectivity index (χ2v) is 13.5. The normalized spacial score (nSPS) is 18.8. The van der Waals surface area contributed by atoms with E-state index in [-0.39, 0.29) is 41.1 Å². The van der Waals surface area contributed by atoms with Crippen molar-refractivity contribution < 1.29 is 28.2 Å². The summed E-state index contributed by atoms with van der Waals surface area (Å²) in [7, 11) is -2.00. The molecule has 2 N–H and O–H groups in total. The fraction of sp³-hybridized carbons (Fsp3) is 0.414. The molecule has 1 aromatic carbocycles. The summed E-state index contributed by atoms with van der Waals surface area (Å²) in [6.07, 6.45) is 1.99. The van der Waals surface area contributed by atoms with Crippen molar-refractivity contribution >= 4 is 33.9 Å². The van der Waals surface area contributed by atoms with Crippen molar-refractivity contribution in [2.24, 2.45) is 5.41 Å². The van der Waals surface area contributed by atoms with E-state index in [1.54, 1.807) is 28.7 Å². The lowest BCUT2D eigenvalue weighted by Crippen LogP contribution is -2.35.